The van der Waals surface area contributed by atoms with E-state index in [4.69, 9.17) is 0 Å². The predicted molar refractivity (Wildman–Crippen MR) is 51.8 cm³/mol. The fourth-order valence-corrected chi connectivity index (χ4v) is 2.42. The van der Waals surface area contributed by atoms with Gasteiger partial charge < -0.3 is 5.11 Å². The quantitative estimate of drug-likeness (QED) is 0.596. The summed E-state index contributed by atoms with van der Waals surface area (Å²) in [6.07, 6.45) is 2.88. The molecule has 0 aromatic rings. The highest BCUT2D eigenvalue weighted by molar-refractivity contribution is 4.94. The van der Waals surface area contributed by atoms with Gasteiger partial charge in [0.1, 0.15) is 0 Å². The molecule has 5 atom stereocenters. The summed E-state index contributed by atoms with van der Waals surface area (Å²) in [5, 5.41) is 9.70. The highest BCUT2D eigenvalue weighted by Gasteiger charge is 2.35. The van der Waals surface area contributed by atoms with Gasteiger partial charge in [-0.25, -0.2) is 0 Å². The van der Waals surface area contributed by atoms with Crippen LogP contribution in [0.4, 0.5) is 0 Å². The normalized spacial score (nSPS) is 48.8. The standard InChI is InChI=1S/C11H20O/c1-5-10-7(2)6-11(12)9(4)8(10)3/h5,7-12H,1,6H2,2-4H3. The van der Waals surface area contributed by atoms with E-state index < -0.39 is 0 Å². The Bertz CT molecular complexity index is 164. The van der Waals surface area contributed by atoms with Gasteiger partial charge in [0.05, 0.1) is 6.10 Å². The van der Waals surface area contributed by atoms with E-state index in [9.17, 15) is 5.11 Å². The molecular weight excluding hydrogens is 148 g/mol. The maximum Gasteiger partial charge on any atom is 0.0571 e. The molecule has 1 aliphatic carbocycles. The van der Waals surface area contributed by atoms with E-state index in [1.165, 1.54) is 0 Å². The summed E-state index contributed by atoms with van der Waals surface area (Å²) in [5.41, 5.74) is 0. The van der Waals surface area contributed by atoms with Crippen molar-refractivity contribution in [1.29, 1.82) is 0 Å². The molecule has 1 fully saturated rings. The molecule has 0 bridgehead atoms. The van der Waals surface area contributed by atoms with Crippen LogP contribution in [-0.4, -0.2) is 11.2 Å². The minimum Gasteiger partial charge on any atom is -0.393 e. The number of rotatable bonds is 1. The summed E-state index contributed by atoms with van der Waals surface area (Å²) in [4.78, 5) is 0. The number of aliphatic hydroxyl groups is 1. The van der Waals surface area contributed by atoms with Crippen LogP contribution >= 0.6 is 0 Å². The van der Waals surface area contributed by atoms with Gasteiger partial charge in [0.25, 0.3) is 0 Å². The van der Waals surface area contributed by atoms with Crippen molar-refractivity contribution >= 4 is 0 Å². The summed E-state index contributed by atoms with van der Waals surface area (Å²) >= 11 is 0. The van der Waals surface area contributed by atoms with Gasteiger partial charge >= 0.3 is 0 Å². The third-order valence-electron chi connectivity index (χ3n) is 3.59. The van der Waals surface area contributed by atoms with Crippen LogP contribution in [0.5, 0.6) is 0 Å². The number of hydrogen-bond acceptors (Lipinski definition) is 1. The summed E-state index contributed by atoms with van der Waals surface area (Å²) in [5.74, 6) is 2.16. The first-order valence-corrected chi connectivity index (χ1v) is 4.88. The minimum atomic E-state index is -0.105. The van der Waals surface area contributed by atoms with Crippen LogP contribution in [0, 0.1) is 23.7 Å². The molecule has 1 saturated carbocycles. The van der Waals surface area contributed by atoms with E-state index in [2.05, 4.69) is 33.4 Å². The maximum absolute atomic E-state index is 9.70. The first-order valence-electron chi connectivity index (χ1n) is 4.88. The van der Waals surface area contributed by atoms with Crippen molar-refractivity contribution in [1.82, 2.24) is 0 Å². The second kappa shape index (κ2) is 3.61. The lowest BCUT2D eigenvalue weighted by Gasteiger charge is -2.40. The van der Waals surface area contributed by atoms with Crippen LogP contribution in [0.15, 0.2) is 12.7 Å². The Balaban J connectivity index is 2.71. The second-order valence-corrected chi connectivity index (χ2v) is 4.31. The molecule has 0 aliphatic heterocycles. The Kier molecular flexibility index (Phi) is 2.94. The van der Waals surface area contributed by atoms with Crippen molar-refractivity contribution < 1.29 is 5.11 Å². The van der Waals surface area contributed by atoms with Crippen molar-refractivity contribution in [3.63, 3.8) is 0 Å². The smallest absolute Gasteiger partial charge is 0.0571 e. The molecule has 1 heteroatoms. The lowest BCUT2D eigenvalue weighted by Crippen LogP contribution is -2.38. The Morgan fingerprint density at radius 3 is 2.33 bits per heavy atom. The van der Waals surface area contributed by atoms with Crippen LogP contribution in [-0.2, 0) is 0 Å². The molecule has 70 valence electrons. The molecule has 0 aromatic heterocycles. The van der Waals surface area contributed by atoms with E-state index in [-0.39, 0.29) is 6.10 Å². The van der Waals surface area contributed by atoms with Crippen molar-refractivity contribution in [2.24, 2.45) is 23.7 Å². The minimum absolute atomic E-state index is 0.105. The fourth-order valence-electron chi connectivity index (χ4n) is 2.42. The zero-order valence-electron chi connectivity index (χ0n) is 8.33. The van der Waals surface area contributed by atoms with Crippen molar-refractivity contribution in [3.8, 4) is 0 Å². The Morgan fingerprint density at radius 2 is 1.83 bits per heavy atom. The number of aliphatic hydroxyl groups excluding tert-OH is 1. The highest BCUT2D eigenvalue weighted by Crippen LogP contribution is 2.38. The average molecular weight is 168 g/mol. The molecule has 0 aromatic carbocycles. The predicted octanol–water partition coefficient (Wildman–Crippen LogP) is 2.46. The first kappa shape index (κ1) is 9.79. The molecule has 1 aliphatic rings. The number of hydrogen-bond donors (Lipinski definition) is 1. The molecule has 1 N–H and O–H groups in total. The largest absolute Gasteiger partial charge is 0.393 e. The summed E-state index contributed by atoms with van der Waals surface area (Å²) < 4.78 is 0. The SMILES string of the molecule is C=CC1C(C)CC(O)C(C)C1C. The summed E-state index contributed by atoms with van der Waals surface area (Å²) in [7, 11) is 0. The van der Waals surface area contributed by atoms with E-state index >= 15 is 0 Å². The third kappa shape index (κ3) is 1.56. The van der Waals surface area contributed by atoms with Crippen molar-refractivity contribution in [2.75, 3.05) is 0 Å². The zero-order valence-corrected chi connectivity index (χ0v) is 8.33. The molecule has 5 unspecified atom stereocenters. The molecule has 1 rings (SSSR count). The van der Waals surface area contributed by atoms with Gasteiger partial charge in [-0.1, -0.05) is 26.8 Å². The monoisotopic (exact) mass is 168 g/mol. The zero-order chi connectivity index (χ0) is 9.30. The summed E-state index contributed by atoms with van der Waals surface area (Å²) in [6, 6.07) is 0. The lowest BCUT2D eigenvalue weighted by molar-refractivity contribution is 0.00290. The van der Waals surface area contributed by atoms with Crippen LogP contribution in [0.2, 0.25) is 0 Å². The Hall–Kier alpha value is -0.300. The van der Waals surface area contributed by atoms with E-state index in [1.807, 2.05) is 0 Å². The van der Waals surface area contributed by atoms with Gasteiger partial charge in [0.2, 0.25) is 0 Å². The van der Waals surface area contributed by atoms with Crippen LogP contribution in [0.1, 0.15) is 27.2 Å². The average Bonchev–Trinajstić information content (AvgIpc) is 2.01. The molecule has 12 heavy (non-hydrogen) atoms. The topological polar surface area (TPSA) is 20.2 Å². The highest BCUT2D eigenvalue weighted by atomic mass is 16.3. The van der Waals surface area contributed by atoms with Gasteiger partial charge in [-0.3, -0.25) is 0 Å². The van der Waals surface area contributed by atoms with Crippen LogP contribution < -0.4 is 0 Å². The number of allylic oxidation sites excluding steroid dienone is 1. The molecular formula is C11H20O. The van der Waals surface area contributed by atoms with E-state index in [0.717, 1.165) is 6.42 Å². The molecule has 0 radical (unpaired) electrons. The molecule has 0 amide bonds. The van der Waals surface area contributed by atoms with E-state index in [0.29, 0.717) is 23.7 Å². The molecule has 1 nitrogen and oxygen atoms in total. The maximum atomic E-state index is 9.70. The van der Waals surface area contributed by atoms with Crippen LogP contribution in [0.25, 0.3) is 0 Å². The van der Waals surface area contributed by atoms with Gasteiger partial charge in [0, 0.05) is 0 Å². The molecule has 0 heterocycles. The van der Waals surface area contributed by atoms with Gasteiger partial charge in [-0.15, -0.1) is 6.58 Å². The van der Waals surface area contributed by atoms with Gasteiger partial charge in [0.15, 0.2) is 0 Å². The van der Waals surface area contributed by atoms with Crippen LogP contribution in [0.3, 0.4) is 0 Å². The van der Waals surface area contributed by atoms with Gasteiger partial charge in [-0.05, 0) is 30.1 Å². The second-order valence-electron chi connectivity index (χ2n) is 4.31. The Morgan fingerprint density at radius 1 is 1.25 bits per heavy atom. The van der Waals surface area contributed by atoms with E-state index in [1.54, 1.807) is 0 Å². The van der Waals surface area contributed by atoms with Crippen molar-refractivity contribution in [2.45, 2.75) is 33.3 Å². The fraction of sp³-hybridized carbons (Fsp3) is 0.818. The summed E-state index contributed by atoms with van der Waals surface area (Å²) in [6.45, 7) is 10.4. The lowest BCUT2D eigenvalue weighted by atomic mass is 9.67. The molecule has 0 saturated heterocycles. The Labute approximate surface area is 75.5 Å². The van der Waals surface area contributed by atoms with Gasteiger partial charge in [-0.2, -0.15) is 0 Å². The van der Waals surface area contributed by atoms with Crippen molar-refractivity contribution in [3.05, 3.63) is 12.7 Å². The third-order valence-corrected chi connectivity index (χ3v) is 3.59. The molecule has 0 spiro atoms. The first-order chi connectivity index (χ1) is 5.57.